The van der Waals surface area contributed by atoms with Gasteiger partial charge in [-0.15, -0.1) is 18.3 Å². The van der Waals surface area contributed by atoms with Gasteiger partial charge in [-0.2, -0.15) is 0 Å². The van der Waals surface area contributed by atoms with E-state index in [-0.39, 0.29) is 23.0 Å². The van der Waals surface area contributed by atoms with Crippen LogP contribution < -0.4 is 9.64 Å². The van der Waals surface area contributed by atoms with Gasteiger partial charge in [0.25, 0.3) is 0 Å². The zero-order valence-electron chi connectivity index (χ0n) is 24.8. The van der Waals surface area contributed by atoms with Gasteiger partial charge in [0.15, 0.2) is 11.0 Å². The lowest BCUT2D eigenvalue weighted by molar-refractivity contribution is -0.274. The van der Waals surface area contributed by atoms with Crippen LogP contribution in [0.15, 0.2) is 78.0 Å². The molecular weight excluding hydrogens is 620 g/mol. The molecule has 1 aromatic heterocycles. The third kappa shape index (κ3) is 6.81. The summed E-state index contributed by atoms with van der Waals surface area (Å²) in [6, 6.07) is 19.7. The lowest BCUT2D eigenvalue weighted by Gasteiger charge is -2.22. The van der Waals surface area contributed by atoms with Crippen LogP contribution in [0.25, 0.3) is 17.1 Å². The largest absolute Gasteiger partial charge is 0.573 e. The molecule has 4 aromatic rings. The van der Waals surface area contributed by atoms with Crippen LogP contribution in [0.4, 0.5) is 18.9 Å². The molecule has 2 heterocycles. The minimum absolute atomic E-state index is 0.00862. The fourth-order valence-corrected chi connectivity index (χ4v) is 6.77. The summed E-state index contributed by atoms with van der Waals surface area (Å²) in [6.45, 7) is 6.25. The molecule has 0 atom stereocenters. The quantitative estimate of drug-likeness (QED) is 0.180. The predicted molar refractivity (Wildman–Crippen MR) is 174 cm³/mol. The number of benzene rings is 3. The summed E-state index contributed by atoms with van der Waals surface area (Å²) in [6.07, 6.45) is -0.646. The summed E-state index contributed by atoms with van der Waals surface area (Å²) in [7, 11) is 0. The van der Waals surface area contributed by atoms with E-state index in [4.69, 9.17) is 17.2 Å². The van der Waals surface area contributed by atoms with Crippen molar-refractivity contribution in [2.75, 3.05) is 10.7 Å². The van der Waals surface area contributed by atoms with Crippen LogP contribution in [-0.4, -0.2) is 42.9 Å². The number of halogens is 3. The Bertz CT molecular complexity index is 1780. The summed E-state index contributed by atoms with van der Waals surface area (Å²) >= 11 is 7.22. The molecule has 6 rings (SSSR count). The number of alkyl halides is 3. The molecule has 1 aliphatic carbocycles. The number of rotatable bonds is 8. The van der Waals surface area contributed by atoms with Crippen LogP contribution in [-0.2, 0) is 10.2 Å². The van der Waals surface area contributed by atoms with Gasteiger partial charge in [-0.1, -0.05) is 74.2 Å². The average molecular weight is 650 g/mol. The van der Waals surface area contributed by atoms with Crippen LogP contribution in [0.3, 0.4) is 0 Å². The van der Waals surface area contributed by atoms with Gasteiger partial charge >= 0.3 is 6.36 Å². The first kappa shape index (κ1) is 31.0. The number of aryl methyl sites for hydroxylation is 1. The number of amidine groups is 1. The summed E-state index contributed by atoms with van der Waals surface area (Å²) in [4.78, 5) is 24.5. The molecule has 1 saturated carbocycles. The number of anilines is 1. The lowest BCUT2D eigenvalue weighted by Crippen LogP contribution is -2.31. The van der Waals surface area contributed by atoms with Crippen molar-refractivity contribution in [3.8, 4) is 22.8 Å². The van der Waals surface area contributed by atoms with E-state index in [1.165, 1.54) is 47.0 Å². The lowest BCUT2D eigenvalue weighted by atomic mass is 9.91. The van der Waals surface area contributed by atoms with Crippen molar-refractivity contribution in [2.45, 2.75) is 57.7 Å². The highest BCUT2D eigenvalue weighted by molar-refractivity contribution is 8.15. The Morgan fingerprint density at radius 2 is 1.80 bits per heavy atom. The Hall–Kier alpha value is -4.03. The summed E-state index contributed by atoms with van der Waals surface area (Å²) < 4.78 is 42.8. The first-order valence-corrected chi connectivity index (χ1v) is 15.9. The summed E-state index contributed by atoms with van der Waals surface area (Å²) in [5.41, 5.74) is 5.47. The minimum atomic E-state index is -4.75. The molecule has 2 aliphatic rings. The normalized spacial score (nSPS) is 16.9. The third-order valence-electron chi connectivity index (χ3n) is 7.96. The summed E-state index contributed by atoms with van der Waals surface area (Å²) in [5, 5.41) is 5.13. The molecule has 2 fully saturated rings. The van der Waals surface area contributed by atoms with Crippen LogP contribution in [0.5, 0.6) is 5.75 Å². The summed E-state index contributed by atoms with van der Waals surface area (Å²) in [5.74, 6) is 0.780. The number of thioether (sulfide) groups is 1. The van der Waals surface area contributed by atoms with Gasteiger partial charge in [0.2, 0.25) is 5.91 Å². The number of hydrogen-bond acceptors (Lipinski definition) is 6. The topological polar surface area (TPSA) is 72.6 Å². The van der Waals surface area contributed by atoms with Gasteiger partial charge < -0.3 is 4.74 Å². The minimum Gasteiger partial charge on any atom is -0.406 e. The highest BCUT2D eigenvalue weighted by Crippen LogP contribution is 2.51. The van der Waals surface area contributed by atoms with E-state index in [1.54, 1.807) is 4.90 Å². The number of carbonyl (C=O) groups excluding carboxylic acids is 1. The number of aliphatic imine (C=N–C) groups is 1. The molecule has 12 heteroatoms. The smallest absolute Gasteiger partial charge is 0.406 e. The number of carbonyl (C=O) groups is 1. The fourth-order valence-electron chi connectivity index (χ4n) is 5.46. The maximum absolute atomic E-state index is 13.0. The number of nitrogens with zero attached hydrogens (tertiary/aromatic N) is 5. The van der Waals surface area contributed by atoms with E-state index < -0.39 is 6.36 Å². The van der Waals surface area contributed by atoms with E-state index in [1.807, 2.05) is 25.1 Å². The second-order valence-electron chi connectivity index (χ2n) is 11.6. The average Bonchev–Trinajstić information content (AvgIpc) is 3.42. The zero-order valence-corrected chi connectivity index (χ0v) is 26.5. The molecule has 0 bridgehead atoms. The zero-order chi connectivity index (χ0) is 31.9. The molecule has 45 heavy (non-hydrogen) atoms. The molecule has 3 aromatic carbocycles. The van der Waals surface area contributed by atoms with Gasteiger partial charge in [-0.05, 0) is 72.7 Å². The number of hydrogen-bond donors (Lipinski definition) is 0. The third-order valence-corrected chi connectivity index (χ3v) is 9.12. The Morgan fingerprint density at radius 3 is 2.44 bits per heavy atom. The van der Waals surface area contributed by atoms with Gasteiger partial charge in [0.1, 0.15) is 17.1 Å². The Kier molecular flexibility index (Phi) is 8.30. The molecule has 1 aliphatic heterocycles. The number of ether oxygens (including phenoxy) is 1. The van der Waals surface area contributed by atoms with Crippen molar-refractivity contribution < 1.29 is 22.7 Å². The maximum Gasteiger partial charge on any atom is 0.573 e. The van der Waals surface area contributed by atoms with E-state index in [9.17, 15) is 18.0 Å². The maximum atomic E-state index is 13.0. The standard InChI is InChI=1S/C33H30F3N5O2S2/c1-20(2)26-13-4-21(3)16-27(26)41-29(42)18-45-31(41)38-28(44)17-32(14-15-32)23-7-5-22(6-8-23)30-37-19-40(39-30)24-9-11-25(12-10-24)43-33(34,35)36/h4-13,16,19-20H,14-15,17-18H2,1-3H3. The van der Waals surface area contributed by atoms with Gasteiger partial charge in [0, 0.05) is 17.4 Å². The van der Waals surface area contributed by atoms with Crippen molar-refractivity contribution in [3.05, 3.63) is 89.7 Å². The van der Waals surface area contributed by atoms with Gasteiger partial charge in [0.05, 0.1) is 17.1 Å². The molecule has 1 amide bonds. The first-order valence-electron chi connectivity index (χ1n) is 14.5. The van der Waals surface area contributed by atoms with E-state index >= 15 is 0 Å². The van der Waals surface area contributed by atoms with E-state index in [0.717, 1.165) is 40.8 Å². The van der Waals surface area contributed by atoms with Crippen molar-refractivity contribution in [1.29, 1.82) is 0 Å². The second-order valence-corrected chi connectivity index (χ2v) is 13.0. The van der Waals surface area contributed by atoms with Gasteiger partial charge in [-0.3, -0.25) is 9.69 Å². The molecule has 0 spiro atoms. The second kappa shape index (κ2) is 12.1. The number of amides is 1. The molecule has 0 unspecified atom stereocenters. The fraction of sp³-hybridized carbons (Fsp3) is 0.303. The van der Waals surface area contributed by atoms with Crippen molar-refractivity contribution in [1.82, 2.24) is 14.8 Å². The molecule has 0 radical (unpaired) electrons. The molecule has 1 saturated heterocycles. The number of thiocarbonyl (C=S) groups is 1. The highest BCUT2D eigenvalue weighted by Gasteiger charge is 2.45. The van der Waals surface area contributed by atoms with E-state index in [2.05, 4.69) is 52.9 Å². The Balaban J connectivity index is 1.15. The van der Waals surface area contributed by atoms with Gasteiger partial charge in [-0.25, -0.2) is 14.7 Å². The Labute approximate surface area is 268 Å². The Morgan fingerprint density at radius 1 is 1.09 bits per heavy atom. The van der Waals surface area contributed by atoms with E-state index in [0.29, 0.717) is 33.8 Å². The monoisotopic (exact) mass is 649 g/mol. The van der Waals surface area contributed by atoms with Crippen LogP contribution in [0, 0.1) is 6.92 Å². The highest BCUT2D eigenvalue weighted by atomic mass is 32.2. The molecular formula is C33H30F3N5O2S2. The van der Waals surface area contributed by atoms with Crippen LogP contribution in [0.2, 0.25) is 0 Å². The molecule has 0 N–H and O–H groups in total. The van der Waals surface area contributed by atoms with Crippen molar-refractivity contribution >= 4 is 45.7 Å². The predicted octanol–water partition coefficient (Wildman–Crippen LogP) is 8.15. The van der Waals surface area contributed by atoms with Crippen LogP contribution in [0.1, 0.15) is 55.7 Å². The van der Waals surface area contributed by atoms with Crippen LogP contribution >= 0.6 is 24.0 Å². The number of aromatic nitrogens is 3. The van der Waals surface area contributed by atoms with Crippen molar-refractivity contribution in [3.63, 3.8) is 0 Å². The molecule has 232 valence electrons. The molecule has 7 nitrogen and oxygen atoms in total. The SMILES string of the molecule is Cc1ccc(C(C)C)c(N2C(=O)CSC2=NC(=S)CC2(c3ccc(-c4ncn(-c5ccc(OC(F)(F)F)cc5)n4)cc3)CC2)c1. The first-order chi connectivity index (χ1) is 21.4. The van der Waals surface area contributed by atoms with Crippen molar-refractivity contribution in [2.24, 2.45) is 4.99 Å².